The predicted molar refractivity (Wildman–Crippen MR) is 69.9 cm³/mol. The molecule has 5 nitrogen and oxygen atoms in total. The zero-order valence-electron chi connectivity index (χ0n) is 11.0. The Bertz CT molecular complexity index is 366. The summed E-state index contributed by atoms with van der Waals surface area (Å²) >= 11 is 0. The van der Waals surface area contributed by atoms with Gasteiger partial charge in [-0.2, -0.15) is 0 Å². The van der Waals surface area contributed by atoms with Gasteiger partial charge in [0.25, 0.3) is 0 Å². The summed E-state index contributed by atoms with van der Waals surface area (Å²) in [6.07, 6.45) is 0.521. The molecule has 0 spiro atoms. The molecule has 18 heavy (non-hydrogen) atoms. The van der Waals surface area contributed by atoms with Crippen molar-refractivity contribution in [3.63, 3.8) is 0 Å². The van der Waals surface area contributed by atoms with E-state index in [2.05, 4.69) is 10.1 Å². The lowest BCUT2D eigenvalue weighted by molar-refractivity contribution is -0.142. The zero-order chi connectivity index (χ0) is 14.0. The zero-order valence-corrected chi connectivity index (χ0v) is 11.0. The van der Waals surface area contributed by atoms with Crippen LogP contribution in [0.4, 0.5) is 0 Å². The molecule has 5 heteroatoms. The van der Waals surface area contributed by atoms with E-state index in [0.717, 1.165) is 5.56 Å². The maximum Gasteiger partial charge on any atom is 0.322 e. The first-order chi connectivity index (χ1) is 8.51. The largest absolute Gasteiger partial charge is 0.468 e. The van der Waals surface area contributed by atoms with Crippen LogP contribution in [-0.2, 0) is 20.7 Å². The molecule has 0 bridgehead atoms. The van der Waals surface area contributed by atoms with E-state index in [4.69, 9.17) is 5.73 Å². The lowest BCUT2D eigenvalue weighted by atomic mass is 10.1. The van der Waals surface area contributed by atoms with E-state index in [9.17, 15) is 9.59 Å². The van der Waals surface area contributed by atoms with Crippen LogP contribution < -0.4 is 11.1 Å². The third kappa shape index (κ3) is 7.40. The molecule has 0 fully saturated rings. The highest BCUT2D eigenvalue weighted by Crippen LogP contribution is 2.02. The number of nitrogens with two attached hydrogens (primary N) is 1. The standard InChI is InChI=1S/C10H13NO2.C3H7NO/c1-13-10(12)9(11)7-8-5-3-2-4-6-8;1-3(5)4-2/h2-6,9H,7,11H2,1H3;1-2H3,(H,4,5). The highest BCUT2D eigenvalue weighted by molar-refractivity contribution is 5.75. The molecule has 0 aliphatic rings. The fourth-order valence-electron chi connectivity index (χ4n) is 1.10. The Balaban J connectivity index is 0.000000494. The third-order valence-corrected chi connectivity index (χ3v) is 2.15. The average molecular weight is 252 g/mol. The van der Waals surface area contributed by atoms with Crippen LogP contribution in [-0.4, -0.2) is 32.1 Å². The van der Waals surface area contributed by atoms with Crippen LogP contribution in [0.5, 0.6) is 0 Å². The highest BCUT2D eigenvalue weighted by Gasteiger charge is 2.13. The van der Waals surface area contributed by atoms with Crippen molar-refractivity contribution in [2.75, 3.05) is 14.2 Å². The number of ether oxygens (including phenoxy) is 1. The van der Waals surface area contributed by atoms with E-state index < -0.39 is 6.04 Å². The molecular formula is C13H20N2O3. The minimum absolute atomic E-state index is 0.00463. The fraction of sp³-hybridized carbons (Fsp3) is 0.385. The Morgan fingerprint density at radius 2 is 1.83 bits per heavy atom. The second-order valence-corrected chi connectivity index (χ2v) is 3.63. The summed E-state index contributed by atoms with van der Waals surface area (Å²) < 4.78 is 4.52. The molecule has 3 N–H and O–H groups in total. The Hall–Kier alpha value is -1.88. The van der Waals surface area contributed by atoms with Crippen molar-refractivity contribution in [1.82, 2.24) is 5.32 Å². The van der Waals surface area contributed by atoms with E-state index in [1.54, 1.807) is 7.05 Å². The second-order valence-electron chi connectivity index (χ2n) is 3.63. The van der Waals surface area contributed by atoms with Gasteiger partial charge in [-0.25, -0.2) is 0 Å². The quantitative estimate of drug-likeness (QED) is 0.767. The van der Waals surface area contributed by atoms with Crippen molar-refractivity contribution in [3.05, 3.63) is 35.9 Å². The van der Waals surface area contributed by atoms with Crippen LogP contribution in [0.15, 0.2) is 30.3 Å². The third-order valence-electron chi connectivity index (χ3n) is 2.15. The molecule has 0 saturated heterocycles. The number of carbonyl (C=O) groups is 2. The van der Waals surface area contributed by atoms with E-state index in [1.807, 2.05) is 30.3 Å². The summed E-state index contributed by atoms with van der Waals surface area (Å²) in [6.45, 7) is 1.47. The number of rotatable bonds is 3. The second kappa shape index (κ2) is 9.18. The van der Waals surface area contributed by atoms with Crippen molar-refractivity contribution in [3.8, 4) is 0 Å². The van der Waals surface area contributed by atoms with Gasteiger partial charge in [-0.05, 0) is 12.0 Å². The molecule has 1 unspecified atom stereocenters. The summed E-state index contributed by atoms with van der Waals surface area (Å²) in [7, 11) is 2.94. The van der Waals surface area contributed by atoms with E-state index >= 15 is 0 Å². The maximum atomic E-state index is 11.0. The Morgan fingerprint density at radius 3 is 2.22 bits per heavy atom. The maximum absolute atomic E-state index is 11.0. The lowest BCUT2D eigenvalue weighted by Crippen LogP contribution is -2.33. The van der Waals surface area contributed by atoms with Gasteiger partial charge < -0.3 is 15.8 Å². The molecule has 0 aliphatic heterocycles. The number of hydrogen-bond donors (Lipinski definition) is 2. The fourth-order valence-corrected chi connectivity index (χ4v) is 1.10. The van der Waals surface area contributed by atoms with Crippen molar-refractivity contribution >= 4 is 11.9 Å². The molecule has 1 aromatic rings. The van der Waals surface area contributed by atoms with Gasteiger partial charge >= 0.3 is 5.97 Å². The van der Waals surface area contributed by atoms with Gasteiger partial charge in [-0.15, -0.1) is 0 Å². The molecule has 1 aromatic carbocycles. The van der Waals surface area contributed by atoms with E-state index in [-0.39, 0.29) is 11.9 Å². The van der Waals surface area contributed by atoms with Crippen LogP contribution in [0.3, 0.4) is 0 Å². The monoisotopic (exact) mass is 252 g/mol. The number of amides is 1. The van der Waals surface area contributed by atoms with Crippen LogP contribution in [0.2, 0.25) is 0 Å². The molecule has 0 heterocycles. The van der Waals surface area contributed by atoms with Crippen molar-refractivity contribution in [1.29, 1.82) is 0 Å². The molecule has 100 valence electrons. The first-order valence-electron chi connectivity index (χ1n) is 5.57. The molecule has 1 amide bonds. The highest BCUT2D eigenvalue weighted by atomic mass is 16.5. The van der Waals surface area contributed by atoms with Crippen molar-refractivity contribution < 1.29 is 14.3 Å². The van der Waals surface area contributed by atoms with E-state index in [1.165, 1.54) is 14.0 Å². The first kappa shape index (κ1) is 16.1. The van der Waals surface area contributed by atoms with Crippen LogP contribution in [0, 0.1) is 0 Å². The normalized spacial score (nSPS) is 10.7. The number of hydrogen-bond acceptors (Lipinski definition) is 4. The SMILES string of the molecule is CNC(C)=O.COC(=O)C(N)Cc1ccccc1. The summed E-state index contributed by atoms with van der Waals surface area (Å²) in [5, 5.41) is 2.39. The molecule has 0 aliphatic carbocycles. The number of nitrogens with one attached hydrogen (secondary N) is 1. The Morgan fingerprint density at radius 1 is 1.33 bits per heavy atom. The van der Waals surface area contributed by atoms with Gasteiger partial charge in [-0.3, -0.25) is 9.59 Å². The number of carbonyl (C=O) groups excluding carboxylic acids is 2. The molecule has 1 atom stereocenters. The summed E-state index contributed by atoms with van der Waals surface area (Å²) in [6, 6.07) is 9.06. The Kier molecular flexibility index (Phi) is 8.22. The molecule has 1 rings (SSSR count). The minimum Gasteiger partial charge on any atom is -0.468 e. The average Bonchev–Trinajstić information content (AvgIpc) is 2.39. The first-order valence-corrected chi connectivity index (χ1v) is 5.57. The van der Waals surface area contributed by atoms with Gasteiger partial charge in [0.1, 0.15) is 6.04 Å². The number of benzene rings is 1. The predicted octanol–water partition coefficient (Wildman–Crippen LogP) is 0.482. The molecular weight excluding hydrogens is 232 g/mol. The summed E-state index contributed by atoms with van der Waals surface area (Å²) in [5.74, 6) is -0.367. The van der Waals surface area contributed by atoms with Gasteiger partial charge in [0.2, 0.25) is 5.91 Å². The van der Waals surface area contributed by atoms with Crippen LogP contribution >= 0.6 is 0 Å². The summed E-state index contributed by atoms with van der Waals surface area (Å²) in [4.78, 5) is 20.7. The Labute approximate surface area is 107 Å². The topological polar surface area (TPSA) is 81.4 Å². The molecule has 0 saturated carbocycles. The lowest BCUT2D eigenvalue weighted by Gasteiger charge is -2.08. The summed E-state index contributed by atoms with van der Waals surface area (Å²) in [5.41, 5.74) is 6.63. The van der Waals surface area contributed by atoms with Gasteiger partial charge in [-0.1, -0.05) is 30.3 Å². The van der Waals surface area contributed by atoms with Gasteiger partial charge in [0, 0.05) is 14.0 Å². The van der Waals surface area contributed by atoms with Crippen molar-refractivity contribution in [2.45, 2.75) is 19.4 Å². The van der Waals surface area contributed by atoms with Crippen molar-refractivity contribution in [2.24, 2.45) is 5.73 Å². The number of esters is 1. The van der Waals surface area contributed by atoms with E-state index in [0.29, 0.717) is 6.42 Å². The smallest absolute Gasteiger partial charge is 0.322 e. The molecule has 0 radical (unpaired) electrons. The van der Waals surface area contributed by atoms with Gasteiger partial charge in [0.15, 0.2) is 0 Å². The van der Waals surface area contributed by atoms with Crippen LogP contribution in [0.1, 0.15) is 12.5 Å². The van der Waals surface area contributed by atoms with Gasteiger partial charge in [0.05, 0.1) is 7.11 Å². The van der Waals surface area contributed by atoms with Crippen LogP contribution in [0.25, 0.3) is 0 Å². The minimum atomic E-state index is -0.563. The molecule has 0 aromatic heterocycles. The number of methoxy groups -OCH3 is 1.